The second-order valence-electron chi connectivity index (χ2n) is 2.28. The third-order valence-corrected chi connectivity index (χ3v) is 1.37. The zero-order valence-electron chi connectivity index (χ0n) is 7.50. The maximum atomic E-state index is 5.10. The van der Waals surface area contributed by atoms with Crippen LogP contribution in [0.15, 0.2) is 6.20 Å². The zero-order chi connectivity index (χ0) is 8.97. The minimum absolute atomic E-state index is 0.361. The Labute approximate surface area is 71.6 Å². The second kappa shape index (κ2) is 3.90. The Morgan fingerprint density at radius 2 is 2.25 bits per heavy atom. The molecule has 1 aromatic heterocycles. The summed E-state index contributed by atoms with van der Waals surface area (Å²) in [6.07, 6.45) is 1.68. The third kappa shape index (κ3) is 1.84. The number of aromatic nitrogens is 2. The van der Waals surface area contributed by atoms with E-state index in [2.05, 4.69) is 9.97 Å². The molecule has 0 spiro atoms. The van der Waals surface area contributed by atoms with E-state index >= 15 is 0 Å². The van der Waals surface area contributed by atoms with E-state index in [1.165, 1.54) is 0 Å². The quantitative estimate of drug-likeness (QED) is 0.680. The molecular formula is C8H12N2O2. The van der Waals surface area contributed by atoms with Gasteiger partial charge >= 0.3 is 6.01 Å². The summed E-state index contributed by atoms with van der Waals surface area (Å²) in [6, 6.07) is 0.361. The van der Waals surface area contributed by atoms with Crippen LogP contribution in [0.3, 0.4) is 0 Å². The van der Waals surface area contributed by atoms with Crippen molar-refractivity contribution in [3.05, 3.63) is 11.8 Å². The molecule has 0 unspecified atom stereocenters. The summed E-state index contributed by atoms with van der Waals surface area (Å²) in [7, 11) is 1.57. The van der Waals surface area contributed by atoms with Crippen LogP contribution in [0.5, 0.6) is 11.9 Å². The van der Waals surface area contributed by atoms with E-state index in [0.29, 0.717) is 18.5 Å². The van der Waals surface area contributed by atoms with Gasteiger partial charge in [-0.2, -0.15) is 4.98 Å². The molecule has 0 aliphatic carbocycles. The summed E-state index contributed by atoms with van der Waals surface area (Å²) in [6.45, 7) is 4.33. The van der Waals surface area contributed by atoms with Crippen molar-refractivity contribution in [2.75, 3.05) is 13.7 Å². The van der Waals surface area contributed by atoms with Crippen LogP contribution >= 0.6 is 0 Å². The summed E-state index contributed by atoms with van der Waals surface area (Å²) in [5.74, 6) is 0.563. The van der Waals surface area contributed by atoms with Gasteiger partial charge in [0.15, 0.2) is 0 Å². The fraction of sp³-hybridized carbons (Fsp3) is 0.500. The molecule has 0 saturated carbocycles. The molecule has 0 N–H and O–H groups in total. The average Bonchev–Trinajstić information content (AvgIpc) is 2.09. The van der Waals surface area contributed by atoms with Crippen molar-refractivity contribution < 1.29 is 9.47 Å². The molecule has 1 heterocycles. The first-order valence-corrected chi connectivity index (χ1v) is 3.78. The van der Waals surface area contributed by atoms with E-state index in [1.807, 2.05) is 13.8 Å². The molecule has 1 rings (SSSR count). The highest BCUT2D eigenvalue weighted by molar-refractivity contribution is 5.22. The highest BCUT2D eigenvalue weighted by atomic mass is 16.5. The lowest BCUT2D eigenvalue weighted by Crippen LogP contribution is -2.00. The lowest BCUT2D eigenvalue weighted by Gasteiger charge is -2.04. The smallest absolute Gasteiger partial charge is 0.319 e. The third-order valence-electron chi connectivity index (χ3n) is 1.37. The number of methoxy groups -OCH3 is 1. The summed E-state index contributed by atoms with van der Waals surface area (Å²) in [4.78, 5) is 7.99. The van der Waals surface area contributed by atoms with Gasteiger partial charge < -0.3 is 9.47 Å². The standard InChI is InChI=1S/C8H12N2O2/c1-4-12-8-9-5-6(2)7(10-8)11-3/h5H,4H2,1-3H3. The molecule has 0 amide bonds. The van der Waals surface area contributed by atoms with Crippen LogP contribution in [0, 0.1) is 6.92 Å². The first-order valence-electron chi connectivity index (χ1n) is 3.78. The van der Waals surface area contributed by atoms with Gasteiger partial charge in [0.25, 0.3) is 0 Å². The van der Waals surface area contributed by atoms with Crippen molar-refractivity contribution >= 4 is 0 Å². The predicted octanol–water partition coefficient (Wildman–Crippen LogP) is 1.19. The van der Waals surface area contributed by atoms with Gasteiger partial charge in [0.05, 0.1) is 13.7 Å². The molecule has 0 atom stereocenters. The largest absolute Gasteiger partial charge is 0.481 e. The maximum Gasteiger partial charge on any atom is 0.319 e. The van der Waals surface area contributed by atoms with Gasteiger partial charge in [-0.25, -0.2) is 4.98 Å². The highest BCUT2D eigenvalue weighted by Crippen LogP contribution is 2.15. The summed E-state index contributed by atoms with van der Waals surface area (Å²) < 4.78 is 10.1. The van der Waals surface area contributed by atoms with Crippen LogP contribution in [0.2, 0.25) is 0 Å². The molecule has 0 aliphatic rings. The first kappa shape index (κ1) is 8.77. The molecular weight excluding hydrogens is 156 g/mol. The van der Waals surface area contributed by atoms with E-state index in [0.717, 1.165) is 5.56 Å². The monoisotopic (exact) mass is 168 g/mol. The Morgan fingerprint density at radius 1 is 1.50 bits per heavy atom. The van der Waals surface area contributed by atoms with Crippen LogP contribution in [-0.4, -0.2) is 23.7 Å². The molecule has 0 aromatic carbocycles. The molecule has 4 heteroatoms. The van der Waals surface area contributed by atoms with E-state index in [-0.39, 0.29) is 0 Å². The van der Waals surface area contributed by atoms with Crippen LogP contribution in [-0.2, 0) is 0 Å². The Balaban J connectivity index is 2.89. The molecule has 4 nitrogen and oxygen atoms in total. The van der Waals surface area contributed by atoms with Crippen molar-refractivity contribution in [3.8, 4) is 11.9 Å². The second-order valence-corrected chi connectivity index (χ2v) is 2.28. The van der Waals surface area contributed by atoms with Gasteiger partial charge in [-0.1, -0.05) is 0 Å². The molecule has 0 saturated heterocycles. The van der Waals surface area contributed by atoms with Gasteiger partial charge in [0.2, 0.25) is 5.88 Å². The lowest BCUT2D eigenvalue weighted by atomic mass is 10.4. The summed E-state index contributed by atoms with van der Waals surface area (Å²) in [5.41, 5.74) is 0.904. The van der Waals surface area contributed by atoms with Crippen molar-refractivity contribution in [2.45, 2.75) is 13.8 Å². The molecule has 66 valence electrons. The Morgan fingerprint density at radius 3 is 2.83 bits per heavy atom. The van der Waals surface area contributed by atoms with Crippen LogP contribution in [0.25, 0.3) is 0 Å². The summed E-state index contributed by atoms with van der Waals surface area (Å²) >= 11 is 0. The van der Waals surface area contributed by atoms with Crippen molar-refractivity contribution in [1.82, 2.24) is 9.97 Å². The molecule has 0 fully saturated rings. The average molecular weight is 168 g/mol. The molecule has 0 aliphatic heterocycles. The Hall–Kier alpha value is -1.32. The van der Waals surface area contributed by atoms with Gasteiger partial charge in [-0.3, -0.25) is 0 Å². The van der Waals surface area contributed by atoms with Gasteiger partial charge in [0, 0.05) is 11.8 Å². The molecule has 1 aromatic rings. The van der Waals surface area contributed by atoms with Gasteiger partial charge in [-0.15, -0.1) is 0 Å². The molecule has 0 radical (unpaired) electrons. The normalized spacial score (nSPS) is 9.58. The van der Waals surface area contributed by atoms with Crippen molar-refractivity contribution in [3.63, 3.8) is 0 Å². The first-order chi connectivity index (χ1) is 5.77. The number of hydrogen-bond donors (Lipinski definition) is 0. The minimum atomic E-state index is 0.361. The van der Waals surface area contributed by atoms with Crippen molar-refractivity contribution in [2.24, 2.45) is 0 Å². The number of ether oxygens (including phenoxy) is 2. The molecule has 12 heavy (non-hydrogen) atoms. The minimum Gasteiger partial charge on any atom is -0.481 e. The van der Waals surface area contributed by atoms with Crippen LogP contribution < -0.4 is 9.47 Å². The lowest BCUT2D eigenvalue weighted by molar-refractivity contribution is 0.301. The number of rotatable bonds is 3. The van der Waals surface area contributed by atoms with Crippen LogP contribution in [0.4, 0.5) is 0 Å². The SMILES string of the molecule is CCOc1ncc(C)c(OC)n1. The number of hydrogen-bond acceptors (Lipinski definition) is 4. The van der Waals surface area contributed by atoms with Crippen molar-refractivity contribution in [1.29, 1.82) is 0 Å². The fourth-order valence-electron chi connectivity index (χ4n) is 0.816. The fourth-order valence-corrected chi connectivity index (χ4v) is 0.816. The number of nitrogens with zero attached hydrogens (tertiary/aromatic N) is 2. The predicted molar refractivity (Wildman–Crippen MR) is 44.5 cm³/mol. The zero-order valence-corrected chi connectivity index (χ0v) is 7.50. The van der Waals surface area contributed by atoms with Crippen LogP contribution in [0.1, 0.15) is 12.5 Å². The van der Waals surface area contributed by atoms with E-state index in [9.17, 15) is 0 Å². The molecule has 0 bridgehead atoms. The van der Waals surface area contributed by atoms with E-state index < -0.39 is 0 Å². The van der Waals surface area contributed by atoms with Gasteiger partial charge in [-0.05, 0) is 13.8 Å². The topological polar surface area (TPSA) is 44.2 Å². The Kier molecular flexibility index (Phi) is 2.85. The van der Waals surface area contributed by atoms with Gasteiger partial charge in [0.1, 0.15) is 0 Å². The number of aryl methyl sites for hydroxylation is 1. The van der Waals surface area contributed by atoms with E-state index in [1.54, 1.807) is 13.3 Å². The maximum absolute atomic E-state index is 5.10. The Bertz CT molecular complexity index is 263. The summed E-state index contributed by atoms with van der Waals surface area (Å²) in [5, 5.41) is 0. The van der Waals surface area contributed by atoms with E-state index in [4.69, 9.17) is 9.47 Å². The highest BCUT2D eigenvalue weighted by Gasteiger charge is 2.02.